The lowest BCUT2D eigenvalue weighted by Gasteiger charge is -2.10. The predicted molar refractivity (Wildman–Crippen MR) is 55.0 cm³/mol. The van der Waals surface area contributed by atoms with E-state index in [1.807, 2.05) is 6.92 Å². The van der Waals surface area contributed by atoms with Gasteiger partial charge in [0.2, 0.25) is 0 Å². The Balaban J connectivity index is 3.45. The molecule has 0 radical (unpaired) electrons. The van der Waals surface area contributed by atoms with Crippen LogP contribution in [0.3, 0.4) is 0 Å². The van der Waals surface area contributed by atoms with Gasteiger partial charge in [0, 0.05) is 11.8 Å². The second-order valence-corrected chi connectivity index (χ2v) is 4.19. The van der Waals surface area contributed by atoms with Crippen molar-refractivity contribution in [3.05, 3.63) is 0 Å². The number of carbonyl (C=O) groups is 1. The van der Waals surface area contributed by atoms with Crippen molar-refractivity contribution < 1.29 is 9.53 Å². The van der Waals surface area contributed by atoms with Gasteiger partial charge in [0.1, 0.15) is 0 Å². The number of halogens is 1. The third-order valence-electron chi connectivity index (χ3n) is 1.69. The number of alkyl halides is 1. The Morgan fingerprint density at radius 3 is 2.54 bits per heavy atom. The molecule has 0 aliphatic rings. The molecule has 0 saturated heterocycles. The van der Waals surface area contributed by atoms with Gasteiger partial charge >= 0.3 is 5.97 Å². The first-order chi connectivity index (χ1) is 6.06. The van der Waals surface area contributed by atoms with E-state index in [4.69, 9.17) is 16.3 Å². The second kappa shape index (κ2) is 7.19. The van der Waals surface area contributed by atoms with Gasteiger partial charge in [-0.1, -0.05) is 13.8 Å². The molecule has 0 aromatic heterocycles. The molecular weight excluding hydrogens is 188 g/mol. The first-order valence-corrected chi connectivity index (χ1v) is 5.29. The molecule has 0 fully saturated rings. The topological polar surface area (TPSA) is 26.3 Å². The minimum Gasteiger partial charge on any atom is -0.466 e. The fourth-order valence-electron chi connectivity index (χ4n) is 1.14. The fourth-order valence-corrected chi connectivity index (χ4v) is 1.60. The van der Waals surface area contributed by atoms with Crippen LogP contribution in [-0.4, -0.2) is 18.0 Å². The normalized spacial score (nSPS) is 13.0. The van der Waals surface area contributed by atoms with Crippen molar-refractivity contribution in [2.75, 3.05) is 6.61 Å². The summed E-state index contributed by atoms with van der Waals surface area (Å²) in [6, 6.07) is 0. The Bertz CT molecular complexity index is 146. The SMILES string of the molecule is CCOC(=O)CCC(Cl)CC(C)C. The maximum atomic E-state index is 11.0. The van der Waals surface area contributed by atoms with Gasteiger partial charge in [0.25, 0.3) is 0 Å². The molecule has 78 valence electrons. The van der Waals surface area contributed by atoms with Crippen molar-refractivity contribution in [2.24, 2.45) is 5.92 Å². The van der Waals surface area contributed by atoms with Crippen LogP contribution in [0.15, 0.2) is 0 Å². The van der Waals surface area contributed by atoms with Gasteiger partial charge in [0.15, 0.2) is 0 Å². The molecule has 1 unspecified atom stereocenters. The molecule has 0 bridgehead atoms. The van der Waals surface area contributed by atoms with E-state index in [9.17, 15) is 4.79 Å². The Hall–Kier alpha value is -0.240. The second-order valence-electron chi connectivity index (χ2n) is 3.57. The van der Waals surface area contributed by atoms with E-state index in [1.165, 1.54) is 0 Å². The van der Waals surface area contributed by atoms with Crippen molar-refractivity contribution in [1.82, 2.24) is 0 Å². The van der Waals surface area contributed by atoms with Crippen LogP contribution in [0.5, 0.6) is 0 Å². The van der Waals surface area contributed by atoms with Gasteiger partial charge in [-0.05, 0) is 25.7 Å². The molecule has 0 aliphatic carbocycles. The molecule has 0 saturated carbocycles. The molecule has 0 N–H and O–H groups in total. The third-order valence-corrected chi connectivity index (χ3v) is 2.09. The minimum absolute atomic E-state index is 0.101. The van der Waals surface area contributed by atoms with Gasteiger partial charge in [-0.3, -0.25) is 4.79 Å². The highest BCUT2D eigenvalue weighted by atomic mass is 35.5. The zero-order valence-electron chi connectivity index (χ0n) is 8.68. The van der Waals surface area contributed by atoms with Crippen molar-refractivity contribution in [2.45, 2.75) is 45.4 Å². The van der Waals surface area contributed by atoms with Crippen LogP contribution in [0.4, 0.5) is 0 Å². The summed E-state index contributed by atoms with van der Waals surface area (Å²) < 4.78 is 4.80. The number of carbonyl (C=O) groups excluding carboxylic acids is 1. The van der Waals surface area contributed by atoms with Gasteiger partial charge in [0.05, 0.1) is 6.61 Å². The van der Waals surface area contributed by atoms with E-state index in [0.717, 1.165) is 12.8 Å². The third kappa shape index (κ3) is 8.10. The summed E-state index contributed by atoms with van der Waals surface area (Å²) in [6.07, 6.45) is 2.12. The lowest BCUT2D eigenvalue weighted by molar-refractivity contribution is -0.143. The van der Waals surface area contributed by atoms with Gasteiger partial charge < -0.3 is 4.74 Å². The van der Waals surface area contributed by atoms with E-state index in [1.54, 1.807) is 0 Å². The van der Waals surface area contributed by atoms with E-state index in [0.29, 0.717) is 18.9 Å². The van der Waals surface area contributed by atoms with Crippen molar-refractivity contribution in [1.29, 1.82) is 0 Å². The molecule has 0 rings (SSSR count). The molecule has 0 heterocycles. The summed E-state index contributed by atoms with van der Waals surface area (Å²) in [5.74, 6) is 0.446. The predicted octanol–water partition coefficient (Wildman–Crippen LogP) is 2.98. The molecule has 0 aromatic carbocycles. The summed E-state index contributed by atoms with van der Waals surface area (Å²) in [4.78, 5) is 11.0. The summed E-state index contributed by atoms with van der Waals surface area (Å²) in [7, 11) is 0. The zero-order chi connectivity index (χ0) is 10.3. The summed E-state index contributed by atoms with van der Waals surface area (Å²) >= 11 is 6.01. The molecule has 0 spiro atoms. The highest BCUT2D eigenvalue weighted by molar-refractivity contribution is 6.20. The number of hydrogen-bond donors (Lipinski definition) is 0. The first kappa shape index (κ1) is 12.8. The molecule has 0 amide bonds. The molecule has 0 aromatic rings. The molecule has 3 heteroatoms. The van der Waals surface area contributed by atoms with Crippen LogP contribution in [0.25, 0.3) is 0 Å². The largest absolute Gasteiger partial charge is 0.466 e. The maximum absolute atomic E-state index is 11.0. The Kier molecular flexibility index (Phi) is 7.06. The van der Waals surface area contributed by atoms with Crippen molar-refractivity contribution >= 4 is 17.6 Å². The maximum Gasteiger partial charge on any atom is 0.305 e. The first-order valence-electron chi connectivity index (χ1n) is 4.86. The van der Waals surface area contributed by atoms with E-state index in [-0.39, 0.29) is 11.3 Å². The van der Waals surface area contributed by atoms with Crippen LogP contribution in [0, 0.1) is 5.92 Å². The standard InChI is InChI=1S/C10H19ClO2/c1-4-13-10(12)6-5-9(11)7-8(2)3/h8-9H,4-7H2,1-3H3. The Morgan fingerprint density at radius 1 is 1.46 bits per heavy atom. The summed E-state index contributed by atoms with van der Waals surface area (Å²) in [5, 5.41) is 0.101. The van der Waals surface area contributed by atoms with Crippen LogP contribution in [0.1, 0.15) is 40.0 Å². The van der Waals surface area contributed by atoms with Crippen molar-refractivity contribution in [3.63, 3.8) is 0 Å². The van der Waals surface area contributed by atoms with Crippen LogP contribution >= 0.6 is 11.6 Å². The van der Waals surface area contributed by atoms with Gasteiger partial charge in [-0.15, -0.1) is 11.6 Å². The number of esters is 1. The number of hydrogen-bond acceptors (Lipinski definition) is 2. The Labute approximate surface area is 85.6 Å². The molecule has 1 atom stereocenters. The van der Waals surface area contributed by atoms with Gasteiger partial charge in [-0.2, -0.15) is 0 Å². The highest BCUT2D eigenvalue weighted by Crippen LogP contribution is 2.15. The number of rotatable bonds is 6. The molecule has 13 heavy (non-hydrogen) atoms. The monoisotopic (exact) mass is 206 g/mol. The average molecular weight is 207 g/mol. The molecular formula is C10H19ClO2. The molecule has 2 nitrogen and oxygen atoms in total. The van der Waals surface area contributed by atoms with E-state index >= 15 is 0 Å². The summed E-state index contributed by atoms with van der Waals surface area (Å²) in [5.41, 5.74) is 0. The quantitative estimate of drug-likeness (QED) is 0.494. The van der Waals surface area contributed by atoms with Crippen LogP contribution < -0.4 is 0 Å². The lowest BCUT2D eigenvalue weighted by Crippen LogP contribution is -2.09. The Morgan fingerprint density at radius 2 is 2.08 bits per heavy atom. The van der Waals surface area contributed by atoms with Gasteiger partial charge in [-0.25, -0.2) is 0 Å². The van der Waals surface area contributed by atoms with Crippen LogP contribution in [0.2, 0.25) is 0 Å². The fraction of sp³-hybridized carbons (Fsp3) is 0.900. The minimum atomic E-state index is -0.142. The van der Waals surface area contributed by atoms with Crippen molar-refractivity contribution in [3.8, 4) is 0 Å². The van der Waals surface area contributed by atoms with E-state index < -0.39 is 0 Å². The zero-order valence-corrected chi connectivity index (χ0v) is 9.43. The van der Waals surface area contributed by atoms with Crippen LogP contribution in [-0.2, 0) is 9.53 Å². The van der Waals surface area contributed by atoms with E-state index in [2.05, 4.69) is 13.8 Å². The highest BCUT2D eigenvalue weighted by Gasteiger charge is 2.10. The lowest BCUT2D eigenvalue weighted by atomic mass is 10.1. The molecule has 0 aliphatic heterocycles. The summed E-state index contributed by atoms with van der Waals surface area (Å²) in [6.45, 7) is 6.51. The number of ether oxygens (including phenoxy) is 1. The smallest absolute Gasteiger partial charge is 0.305 e. The average Bonchev–Trinajstić information content (AvgIpc) is 2.00.